The molecule has 0 aliphatic carbocycles. The van der Waals surface area contributed by atoms with E-state index in [2.05, 4.69) is 10.2 Å². The van der Waals surface area contributed by atoms with Crippen molar-refractivity contribution in [3.63, 3.8) is 0 Å². The van der Waals surface area contributed by atoms with Gasteiger partial charge in [0.2, 0.25) is 0 Å². The van der Waals surface area contributed by atoms with Gasteiger partial charge in [0.05, 0.1) is 13.2 Å². The maximum Gasteiger partial charge on any atom is 0.317 e. The van der Waals surface area contributed by atoms with E-state index in [0.717, 1.165) is 36.4 Å². The number of hydrogen-bond donors (Lipinski definition) is 2. The number of ether oxygens (including phenoxy) is 1. The average Bonchev–Trinajstić information content (AvgIpc) is 2.57. The number of β-amino-alcohol motifs (C(OH)–C–C–N with tert-alkyl or cyclic N) is 1. The van der Waals surface area contributed by atoms with Crippen LogP contribution < -0.4 is 10.1 Å². The fraction of sp³-hybridized carbons (Fsp3) is 0.611. The third-order valence-electron chi connectivity index (χ3n) is 4.33. The molecular weight excluding hydrogens is 306 g/mol. The molecule has 1 aliphatic rings. The normalized spacial score (nSPS) is 15.4. The van der Waals surface area contributed by atoms with Gasteiger partial charge in [0.1, 0.15) is 5.75 Å². The molecule has 6 heteroatoms. The van der Waals surface area contributed by atoms with Crippen LogP contribution in [0.2, 0.25) is 0 Å². The van der Waals surface area contributed by atoms with Crippen LogP contribution in [0.4, 0.5) is 4.79 Å². The van der Waals surface area contributed by atoms with Gasteiger partial charge < -0.3 is 20.1 Å². The van der Waals surface area contributed by atoms with Crippen molar-refractivity contribution in [2.45, 2.75) is 20.3 Å². The van der Waals surface area contributed by atoms with E-state index in [1.54, 1.807) is 0 Å². The summed E-state index contributed by atoms with van der Waals surface area (Å²) in [5.74, 6) is 0.948. The lowest BCUT2D eigenvalue weighted by atomic mass is 10.1. The fourth-order valence-electron chi connectivity index (χ4n) is 2.90. The summed E-state index contributed by atoms with van der Waals surface area (Å²) in [4.78, 5) is 16.1. The Labute approximate surface area is 144 Å². The average molecular weight is 335 g/mol. The van der Waals surface area contributed by atoms with Gasteiger partial charge in [-0.1, -0.05) is 18.2 Å². The van der Waals surface area contributed by atoms with Crippen LogP contribution in [-0.4, -0.2) is 73.4 Å². The molecule has 1 saturated heterocycles. The number of nitrogens with zero attached hydrogens (tertiary/aromatic N) is 2. The van der Waals surface area contributed by atoms with Crippen molar-refractivity contribution in [1.29, 1.82) is 0 Å². The molecule has 0 unspecified atom stereocenters. The largest absolute Gasteiger partial charge is 0.493 e. The molecule has 0 bridgehead atoms. The van der Waals surface area contributed by atoms with Gasteiger partial charge in [-0.25, -0.2) is 4.79 Å². The molecule has 1 aromatic rings. The van der Waals surface area contributed by atoms with E-state index in [1.165, 1.54) is 0 Å². The zero-order valence-corrected chi connectivity index (χ0v) is 14.8. The van der Waals surface area contributed by atoms with Gasteiger partial charge in [-0.3, -0.25) is 4.90 Å². The van der Waals surface area contributed by atoms with E-state index in [-0.39, 0.29) is 12.6 Å². The number of benzene rings is 1. The van der Waals surface area contributed by atoms with Crippen LogP contribution in [0.15, 0.2) is 18.2 Å². The number of hydrogen-bond acceptors (Lipinski definition) is 4. The lowest BCUT2D eigenvalue weighted by Crippen LogP contribution is -2.52. The number of carbonyl (C=O) groups is 1. The number of nitrogens with one attached hydrogen (secondary N) is 1. The summed E-state index contributed by atoms with van der Waals surface area (Å²) in [6, 6.07) is 6.10. The lowest BCUT2D eigenvalue weighted by molar-refractivity contribution is 0.122. The third kappa shape index (κ3) is 5.39. The molecule has 0 radical (unpaired) electrons. The molecule has 24 heavy (non-hydrogen) atoms. The zero-order valence-electron chi connectivity index (χ0n) is 14.8. The van der Waals surface area contributed by atoms with Crippen LogP contribution >= 0.6 is 0 Å². The molecule has 134 valence electrons. The van der Waals surface area contributed by atoms with E-state index < -0.39 is 0 Å². The Morgan fingerprint density at radius 1 is 1.21 bits per heavy atom. The molecule has 1 aromatic carbocycles. The van der Waals surface area contributed by atoms with E-state index >= 15 is 0 Å². The Kier molecular flexibility index (Phi) is 7.34. The first-order chi connectivity index (χ1) is 11.6. The maximum absolute atomic E-state index is 12.1. The van der Waals surface area contributed by atoms with E-state index in [0.29, 0.717) is 32.8 Å². The quantitative estimate of drug-likeness (QED) is 0.739. The van der Waals surface area contributed by atoms with Gasteiger partial charge >= 0.3 is 6.03 Å². The van der Waals surface area contributed by atoms with Gasteiger partial charge in [-0.15, -0.1) is 0 Å². The van der Waals surface area contributed by atoms with Gasteiger partial charge in [0, 0.05) is 39.3 Å². The first kappa shape index (κ1) is 18.5. The van der Waals surface area contributed by atoms with Gasteiger partial charge in [-0.2, -0.15) is 0 Å². The molecule has 1 heterocycles. The van der Waals surface area contributed by atoms with Crippen molar-refractivity contribution in [1.82, 2.24) is 15.1 Å². The Morgan fingerprint density at radius 3 is 2.50 bits per heavy atom. The minimum atomic E-state index is -0.00859. The van der Waals surface area contributed by atoms with Crippen LogP contribution in [0.25, 0.3) is 0 Å². The van der Waals surface area contributed by atoms with Crippen LogP contribution in [0.1, 0.15) is 17.5 Å². The number of rotatable bonds is 7. The van der Waals surface area contributed by atoms with Crippen molar-refractivity contribution < 1.29 is 14.6 Å². The molecule has 0 spiro atoms. The summed E-state index contributed by atoms with van der Waals surface area (Å²) in [5.41, 5.74) is 2.28. The highest BCUT2D eigenvalue weighted by molar-refractivity contribution is 5.74. The second-order valence-electron chi connectivity index (χ2n) is 6.21. The van der Waals surface area contributed by atoms with E-state index in [9.17, 15) is 4.79 Å². The van der Waals surface area contributed by atoms with Gasteiger partial charge in [-0.05, 0) is 31.4 Å². The Balaban J connectivity index is 1.61. The molecule has 6 nitrogen and oxygen atoms in total. The molecule has 2 N–H and O–H groups in total. The van der Waals surface area contributed by atoms with Crippen molar-refractivity contribution in [3.05, 3.63) is 29.3 Å². The summed E-state index contributed by atoms with van der Waals surface area (Å²) < 4.78 is 5.84. The summed E-state index contributed by atoms with van der Waals surface area (Å²) in [7, 11) is 0. The molecule has 1 fully saturated rings. The predicted molar refractivity (Wildman–Crippen MR) is 94.5 cm³/mol. The number of aryl methyl sites for hydroxylation is 2. The van der Waals surface area contributed by atoms with Crippen LogP contribution in [0, 0.1) is 13.8 Å². The van der Waals surface area contributed by atoms with Gasteiger partial charge in [0.25, 0.3) is 0 Å². The summed E-state index contributed by atoms with van der Waals surface area (Å²) >= 11 is 0. The second-order valence-corrected chi connectivity index (χ2v) is 6.21. The van der Waals surface area contributed by atoms with Crippen LogP contribution in [0.3, 0.4) is 0 Å². The van der Waals surface area contributed by atoms with Crippen molar-refractivity contribution >= 4 is 6.03 Å². The number of aliphatic hydroxyl groups is 1. The summed E-state index contributed by atoms with van der Waals surface area (Å²) in [5, 5.41) is 11.9. The highest BCUT2D eigenvalue weighted by Gasteiger charge is 2.20. The SMILES string of the molecule is Cc1cccc(C)c1OCCCNC(=O)N1CCN(CCO)CC1. The first-order valence-corrected chi connectivity index (χ1v) is 8.67. The molecule has 2 amide bonds. The minimum absolute atomic E-state index is 0.00859. The summed E-state index contributed by atoms with van der Waals surface area (Å²) in [6.45, 7) is 9.22. The molecule has 0 saturated carbocycles. The fourth-order valence-corrected chi connectivity index (χ4v) is 2.90. The molecule has 0 aromatic heterocycles. The maximum atomic E-state index is 12.1. The molecular formula is C18H29N3O3. The number of piperazine rings is 1. The predicted octanol–water partition coefficient (Wildman–Crippen LogP) is 1.39. The molecule has 0 atom stereocenters. The third-order valence-corrected chi connectivity index (χ3v) is 4.33. The van der Waals surface area contributed by atoms with Crippen molar-refractivity contribution in [2.75, 3.05) is 52.5 Å². The Morgan fingerprint density at radius 2 is 1.88 bits per heavy atom. The minimum Gasteiger partial charge on any atom is -0.493 e. The van der Waals surface area contributed by atoms with Crippen molar-refractivity contribution in [2.24, 2.45) is 0 Å². The van der Waals surface area contributed by atoms with Crippen LogP contribution in [0.5, 0.6) is 5.75 Å². The number of amides is 2. The van der Waals surface area contributed by atoms with E-state index in [4.69, 9.17) is 9.84 Å². The zero-order chi connectivity index (χ0) is 17.4. The molecule has 2 rings (SSSR count). The lowest BCUT2D eigenvalue weighted by Gasteiger charge is -2.34. The Hall–Kier alpha value is -1.79. The van der Waals surface area contributed by atoms with Gasteiger partial charge in [0.15, 0.2) is 0 Å². The highest BCUT2D eigenvalue weighted by atomic mass is 16.5. The smallest absolute Gasteiger partial charge is 0.317 e. The number of aliphatic hydroxyl groups excluding tert-OH is 1. The summed E-state index contributed by atoms with van der Waals surface area (Å²) in [6.07, 6.45) is 0.782. The molecule has 1 aliphatic heterocycles. The highest BCUT2D eigenvalue weighted by Crippen LogP contribution is 2.22. The Bertz CT molecular complexity index is 508. The monoisotopic (exact) mass is 335 g/mol. The second kappa shape index (κ2) is 9.49. The number of para-hydroxylation sites is 1. The van der Waals surface area contributed by atoms with Crippen LogP contribution in [-0.2, 0) is 0 Å². The van der Waals surface area contributed by atoms with Crippen molar-refractivity contribution in [3.8, 4) is 5.75 Å². The standard InChI is InChI=1S/C18H29N3O3/c1-15-5-3-6-16(2)17(15)24-14-4-7-19-18(23)21-10-8-20(9-11-21)12-13-22/h3,5-6,22H,4,7-14H2,1-2H3,(H,19,23). The number of urea groups is 1. The topological polar surface area (TPSA) is 65.0 Å². The number of carbonyl (C=O) groups excluding carboxylic acids is 1. The van der Waals surface area contributed by atoms with E-state index in [1.807, 2.05) is 36.9 Å². The first-order valence-electron chi connectivity index (χ1n) is 8.67.